The van der Waals surface area contributed by atoms with Crippen molar-refractivity contribution in [2.75, 3.05) is 63.9 Å². The highest BCUT2D eigenvalue weighted by Gasteiger charge is 2.33. The van der Waals surface area contributed by atoms with Crippen molar-refractivity contribution in [3.05, 3.63) is 48.0 Å². The Kier molecular flexibility index (Phi) is 10.6. The van der Waals surface area contributed by atoms with Crippen LogP contribution in [0.15, 0.2) is 52.3 Å². The summed E-state index contributed by atoms with van der Waals surface area (Å²) < 4.78 is 45.9. The van der Waals surface area contributed by atoms with Gasteiger partial charge in [0.2, 0.25) is 0 Å². The van der Waals surface area contributed by atoms with Crippen LogP contribution in [0.4, 0.5) is 24.5 Å². The third-order valence-electron chi connectivity index (χ3n) is 6.47. The minimum absolute atomic E-state index is 0. The largest absolute Gasteiger partial charge is 0.416 e. The highest BCUT2D eigenvalue weighted by atomic mass is 35.5. The summed E-state index contributed by atoms with van der Waals surface area (Å²) in [5, 5.41) is 0. The van der Waals surface area contributed by atoms with Crippen molar-refractivity contribution < 1.29 is 17.9 Å². The average Bonchev–Trinajstić information content (AvgIpc) is 2.83. The van der Waals surface area contributed by atoms with Crippen molar-refractivity contribution in [1.82, 2.24) is 9.80 Å². The first-order valence-electron chi connectivity index (χ1n) is 12.2. The lowest BCUT2D eigenvalue weighted by atomic mass is 10.1. The van der Waals surface area contributed by atoms with E-state index in [2.05, 4.69) is 21.6 Å². The summed E-state index contributed by atoms with van der Waals surface area (Å²) >= 11 is 1.54. The van der Waals surface area contributed by atoms with Crippen molar-refractivity contribution in [2.45, 2.75) is 42.2 Å². The number of piperazine rings is 1. The molecule has 2 aromatic carbocycles. The van der Waals surface area contributed by atoms with Gasteiger partial charge in [-0.05, 0) is 49.7 Å². The number of alkyl halides is 3. The number of rotatable bonds is 10. The zero-order valence-corrected chi connectivity index (χ0v) is 21.9. The van der Waals surface area contributed by atoms with Gasteiger partial charge >= 0.3 is 6.18 Å². The van der Waals surface area contributed by atoms with Gasteiger partial charge in [0.25, 0.3) is 0 Å². The lowest BCUT2D eigenvalue weighted by Gasteiger charge is -2.36. The van der Waals surface area contributed by atoms with E-state index in [4.69, 9.17) is 4.74 Å². The molecule has 0 spiro atoms. The van der Waals surface area contributed by atoms with Gasteiger partial charge in [-0.15, -0.1) is 12.4 Å². The summed E-state index contributed by atoms with van der Waals surface area (Å²) in [5.41, 5.74) is 1.06. The first kappa shape index (κ1) is 28.1. The predicted molar refractivity (Wildman–Crippen MR) is 139 cm³/mol. The highest BCUT2D eigenvalue weighted by Crippen LogP contribution is 2.49. The first-order chi connectivity index (χ1) is 16.5. The Morgan fingerprint density at radius 1 is 0.829 bits per heavy atom. The van der Waals surface area contributed by atoms with Crippen molar-refractivity contribution in [3.8, 4) is 0 Å². The molecule has 2 aromatic rings. The molecule has 0 aliphatic carbocycles. The lowest BCUT2D eigenvalue weighted by molar-refractivity contribution is -0.137. The van der Waals surface area contributed by atoms with Crippen LogP contribution in [0.5, 0.6) is 0 Å². The maximum Gasteiger partial charge on any atom is 0.416 e. The van der Waals surface area contributed by atoms with E-state index in [-0.39, 0.29) is 12.4 Å². The molecule has 35 heavy (non-hydrogen) atoms. The minimum atomic E-state index is -4.34. The van der Waals surface area contributed by atoms with Crippen molar-refractivity contribution >= 4 is 35.5 Å². The van der Waals surface area contributed by atoms with Crippen LogP contribution in [-0.4, -0.2) is 68.8 Å². The van der Waals surface area contributed by atoms with E-state index in [1.165, 1.54) is 12.1 Å². The van der Waals surface area contributed by atoms with E-state index in [0.29, 0.717) is 12.2 Å². The normalized spacial score (nSPS) is 16.5. The fourth-order valence-electron chi connectivity index (χ4n) is 4.48. The van der Waals surface area contributed by atoms with Gasteiger partial charge in [0.05, 0.1) is 23.5 Å². The number of fused-ring (bicyclic) bond motifs is 2. The topological polar surface area (TPSA) is 19.0 Å². The maximum absolute atomic E-state index is 13.4. The average molecular weight is 530 g/mol. The smallest absolute Gasteiger partial charge is 0.380 e. The van der Waals surface area contributed by atoms with E-state index in [1.807, 2.05) is 24.3 Å². The summed E-state index contributed by atoms with van der Waals surface area (Å²) in [5.74, 6) is 0. The van der Waals surface area contributed by atoms with E-state index in [1.54, 1.807) is 17.8 Å². The molecule has 0 atom stereocenters. The number of unbranched alkanes of at least 4 members (excludes halogenated alkanes) is 1. The number of nitrogens with zero attached hydrogens (tertiary/aromatic N) is 3. The van der Waals surface area contributed by atoms with Crippen LogP contribution in [0.25, 0.3) is 0 Å². The Morgan fingerprint density at radius 3 is 2.23 bits per heavy atom. The fourth-order valence-corrected chi connectivity index (χ4v) is 5.55. The van der Waals surface area contributed by atoms with Crippen molar-refractivity contribution in [3.63, 3.8) is 0 Å². The quantitative estimate of drug-likeness (QED) is 0.324. The molecule has 0 bridgehead atoms. The molecular formula is C26H35ClF3N3OS. The number of hydrogen-bond donors (Lipinski definition) is 0. The standard InChI is InChI=1S/C26H34F3N3OS.ClH/c1-2-3-18-33-19-17-31-15-13-30(14-16-31)11-6-12-32-22-7-4-5-8-24(22)34-25-10-9-21(20-23(25)32)26(27,28)29;/h4-5,7-10,20H,2-3,6,11-19H2,1H3;1H. The van der Waals surface area contributed by atoms with Crippen LogP contribution in [0, 0.1) is 0 Å². The molecular weight excluding hydrogens is 495 g/mol. The molecule has 0 amide bonds. The summed E-state index contributed by atoms with van der Waals surface area (Å²) in [6.45, 7) is 10.6. The molecule has 2 aliphatic rings. The predicted octanol–water partition coefficient (Wildman–Crippen LogP) is 6.55. The Balaban J connectivity index is 0.00000342. The maximum atomic E-state index is 13.4. The second-order valence-corrected chi connectivity index (χ2v) is 9.99. The van der Waals surface area contributed by atoms with Gasteiger partial charge in [0.15, 0.2) is 0 Å². The van der Waals surface area contributed by atoms with Crippen LogP contribution in [0.2, 0.25) is 0 Å². The van der Waals surface area contributed by atoms with E-state index in [9.17, 15) is 13.2 Å². The Labute approximate surface area is 217 Å². The summed E-state index contributed by atoms with van der Waals surface area (Å²) in [6, 6.07) is 12.1. The van der Waals surface area contributed by atoms with Crippen LogP contribution in [0.3, 0.4) is 0 Å². The molecule has 2 heterocycles. The third kappa shape index (κ3) is 7.52. The van der Waals surface area contributed by atoms with Gasteiger partial charge in [-0.3, -0.25) is 4.90 Å². The fraction of sp³-hybridized carbons (Fsp3) is 0.538. The summed E-state index contributed by atoms with van der Waals surface area (Å²) in [6.07, 6.45) is -1.16. The van der Waals surface area contributed by atoms with Crippen LogP contribution in [0.1, 0.15) is 31.7 Å². The first-order valence-corrected chi connectivity index (χ1v) is 13.1. The minimum Gasteiger partial charge on any atom is -0.380 e. The highest BCUT2D eigenvalue weighted by molar-refractivity contribution is 7.99. The molecule has 0 saturated carbocycles. The van der Waals surface area contributed by atoms with E-state index in [0.717, 1.165) is 87.2 Å². The Morgan fingerprint density at radius 2 is 1.51 bits per heavy atom. The lowest BCUT2D eigenvalue weighted by Crippen LogP contribution is -2.47. The number of hydrogen-bond acceptors (Lipinski definition) is 5. The van der Waals surface area contributed by atoms with Gasteiger partial charge in [0, 0.05) is 55.7 Å². The molecule has 1 saturated heterocycles. The number of benzene rings is 2. The van der Waals surface area contributed by atoms with Crippen LogP contribution < -0.4 is 4.90 Å². The van der Waals surface area contributed by atoms with Crippen LogP contribution in [-0.2, 0) is 10.9 Å². The Bertz CT molecular complexity index is 938. The second kappa shape index (κ2) is 13.2. The Hall–Kier alpha value is -1.45. The molecule has 4 nitrogen and oxygen atoms in total. The molecule has 0 N–H and O–H groups in total. The molecule has 2 aliphatic heterocycles. The number of ether oxygens (including phenoxy) is 1. The van der Waals surface area contributed by atoms with Crippen LogP contribution >= 0.6 is 24.2 Å². The second-order valence-electron chi connectivity index (χ2n) is 8.90. The molecule has 9 heteroatoms. The molecule has 194 valence electrons. The monoisotopic (exact) mass is 529 g/mol. The van der Waals surface area contributed by atoms with Gasteiger partial charge in [-0.2, -0.15) is 13.2 Å². The van der Waals surface area contributed by atoms with E-state index >= 15 is 0 Å². The van der Waals surface area contributed by atoms with Gasteiger partial charge in [-0.1, -0.05) is 37.2 Å². The SMILES string of the molecule is CCCCOCCN1CCN(CCCN2c3ccccc3Sc3ccc(C(F)(F)F)cc32)CC1.Cl. The van der Waals surface area contributed by atoms with Crippen molar-refractivity contribution in [1.29, 1.82) is 0 Å². The van der Waals surface area contributed by atoms with Gasteiger partial charge in [0.1, 0.15) is 0 Å². The molecule has 0 radical (unpaired) electrons. The molecule has 1 fully saturated rings. The molecule has 4 rings (SSSR count). The summed E-state index contributed by atoms with van der Waals surface area (Å²) in [4.78, 5) is 8.95. The van der Waals surface area contributed by atoms with Gasteiger partial charge in [-0.25, -0.2) is 0 Å². The zero-order chi connectivity index (χ0) is 24.0. The number of para-hydroxylation sites is 1. The van der Waals surface area contributed by atoms with Gasteiger partial charge < -0.3 is 14.5 Å². The number of halogens is 4. The molecule has 0 aromatic heterocycles. The summed E-state index contributed by atoms with van der Waals surface area (Å²) in [7, 11) is 0. The van der Waals surface area contributed by atoms with Crippen molar-refractivity contribution in [2.24, 2.45) is 0 Å². The number of anilines is 2. The molecule has 0 unspecified atom stereocenters. The van der Waals surface area contributed by atoms with E-state index < -0.39 is 11.7 Å². The zero-order valence-electron chi connectivity index (χ0n) is 20.2. The third-order valence-corrected chi connectivity index (χ3v) is 7.60.